The normalized spacial score (nSPS) is 27.6. The van der Waals surface area contributed by atoms with Crippen LogP contribution in [0.1, 0.15) is 44.6 Å². The maximum absolute atomic E-state index is 11.8. The molecule has 0 bridgehead atoms. The van der Waals surface area contributed by atoms with Crippen molar-refractivity contribution in [1.82, 2.24) is 4.90 Å². The first-order valence-electron chi connectivity index (χ1n) is 8.54. The van der Waals surface area contributed by atoms with E-state index in [0.29, 0.717) is 18.3 Å². The second-order valence-corrected chi connectivity index (χ2v) is 9.51. The van der Waals surface area contributed by atoms with Gasteiger partial charge < -0.3 is 4.74 Å². The van der Waals surface area contributed by atoms with E-state index in [-0.39, 0.29) is 11.3 Å². The van der Waals surface area contributed by atoms with Gasteiger partial charge in [0.15, 0.2) is 9.84 Å². The summed E-state index contributed by atoms with van der Waals surface area (Å²) in [6.45, 7) is 2.77. The van der Waals surface area contributed by atoms with Crippen LogP contribution < -0.4 is 4.74 Å². The first kappa shape index (κ1) is 16.8. The number of sulfone groups is 1. The topological polar surface area (TPSA) is 46.6 Å². The van der Waals surface area contributed by atoms with Crippen molar-refractivity contribution in [1.29, 1.82) is 0 Å². The quantitative estimate of drug-likeness (QED) is 0.828. The lowest BCUT2D eigenvalue weighted by atomic mass is 9.99. The van der Waals surface area contributed by atoms with E-state index in [4.69, 9.17) is 4.74 Å². The van der Waals surface area contributed by atoms with Crippen LogP contribution in [0.15, 0.2) is 24.3 Å². The molecule has 128 valence electrons. The van der Waals surface area contributed by atoms with Gasteiger partial charge >= 0.3 is 0 Å². The van der Waals surface area contributed by atoms with E-state index in [9.17, 15) is 8.42 Å². The predicted octanol–water partition coefficient (Wildman–Crippen LogP) is 3.02. The maximum Gasteiger partial charge on any atom is 0.152 e. The van der Waals surface area contributed by atoms with Crippen LogP contribution in [-0.4, -0.2) is 43.5 Å². The van der Waals surface area contributed by atoms with Crippen molar-refractivity contribution in [2.75, 3.05) is 18.6 Å². The summed E-state index contributed by atoms with van der Waals surface area (Å²) in [5, 5.41) is 0. The van der Waals surface area contributed by atoms with Crippen molar-refractivity contribution in [3.63, 3.8) is 0 Å². The average molecular weight is 337 g/mol. The van der Waals surface area contributed by atoms with Crippen LogP contribution in [0.4, 0.5) is 0 Å². The molecular weight excluding hydrogens is 310 g/mol. The highest BCUT2D eigenvalue weighted by atomic mass is 32.2. The lowest BCUT2D eigenvalue weighted by Gasteiger charge is -2.34. The summed E-state index contributed by atoms with van der Waals surface area (Å²) in [4.78, 5) is 2.17. The Morgan fingerprint density at radius 1 is 1.26 bits per heavy atom. The van der Waals surface area contributed by atoms with Gasteiger partial charge in [-0.25, -0.2) is 8.42 Å². The lowest BCUT2D eigenvalue weighted by molar-refractivity contribution is 0.149. The van der Waals surface area contributed by atoms with Crippen molar-refractivity contribution in [2.45, 2.75) is 57.2 Å². The van der Waals surface area contributed by atoms with Gasteiger partial charge in [-0.05, 0) is 52.1 Å². The Bertz CT molecular complexity index is 652. The average Bonchev–Trinajstić information content (AvgIpc) is 3.09. The molecule has 0 aromatic heterocycles. The fourth-order valence-electron chi connectivity index (χ4n) is 3.68. The summed E-state index contributed by atoms with van der Waals surface area (Å²) >= 11 is 0. The molecule has 0 radical (unpaired) electrons. The molecule has 1 unspecified atom stereocenters. The molecule has 23 heavy (non-hydrogen) atoms. The molecule has 1 atom stereocenters. The molecule has 4 nitrogen and oxygen atoms in total. The van der Waals surface area contributed by atoms with Crippen LogP contribution in [-0.2, 0) is 16.4 Å². The molecule has 1 saturated carbocycles. The molecule has 2 fully saturated rings. The SMILES string of the molecule is CN(Cc1ccccc1OC1CCCC1)C1(C)CCS(=O)(=O)C1. The minimum Gasteiger partial charge on any atom is -0.490 e. The highest BCUT2D eigenvalue weighted by Gasteiger charge is 2.41. The second-order valence-electron chi connectivity index (χ2n) is 7.33. The third-order valence-corrected chi connectivity index (χ3v) is 7.27. The van der Waals surface area contributed by atoms with Crippen LogP contribution in [0.25, 0.3) is 0 Å². The van der Waals surface area contributed by atoms with Crippen molar-refractivity contribution >= 4 is 9.84 Å². The Kier molecular flexibility index (Phi) is 4.70. The molecule has 1 aliphatic carbocycles. The number of benzene rings is 1. The highest BCUT2D eigenvalue weighted by molar-refractivity contribution is 7.91. The van der Waals surface area contributed by atoms with E-state index in [1.165, 1.54) is 12.8 Å². The second kappa shape index (κ2) is 6.44. The van der Waals surface area contributed by atoms with Crippen LogP contribution in [0.2, 0.25) is 0 Å². The van der Waals surface area contributed by atoms with Crippen LogP contribution in [0.5, 0.6) is 5.75 Å². The zero-order valence-corrected chi connectivity index (χ0v) is 14.9. The Labute approximate surface area is 139 Å². The fraction of sp³-hybridized carbons (Fsp3) is 0.667. The minimum absolute atomic E-state index is 0.252. The maximum atomic E-state index is 11.8. The fourth-order valence-corrected chi connectivity index (χ4v) is 5.88. The third-order valence-electron chi connectivity index (χ3n) is 5.38. The number of rotatable bonds is 5. The Morgan fingerprint density at radius 3 is 2.61 bits per heavy atom. The van der Waals surface area contributed by atoms with E-state index in [1.54, 1.807) is 0 Å². The van der Waals surface area contributed by atoms with Crippen molar-refractivity contribution in [2.24, 2.45) is 0 Å². The van der Waals surface area contributed by atoms with Gasteiger partial charge in [-0.15, -0.1) is 0 Å². The van der Waals surface area contributed by atoms with E-state index in [0.717, 1.165) is 30.7 Å². The number of hydrogen-bond donors (Lipinski definition) is 0. The van der Waals surface area contributed by atoms with Gasteiger partial charge in [0.25, 0.3) is 0 Å². The van der Waals surface area contributed by atoms with Crippen LogP contribution in [0, 0.1) is 0 Å². The van der Waals surface area contributed by atoms with Crippen molar-refractivity contribution in [3.05, 3.63) is 29.8 Å². The first-order chi connectivity index (χ1) is 10.9. The van der Waals surface area contributed by atoms with E-state index >= 15 is 0 Å². The van der Waals surface area contributed by atoms with Crippen LogP contribution >= 0.6 is 0 Å². The summed E-state index contributed by atoms with van der Waals surface area (Å²) in [5.41, 5.74) is 0.867. The molecule has 1 aromatic carbocycles. The van der Waals surface area contributed by atoms with E-state index < -0.39 is 9.84 Å². The summed E-state index contributed by atoms with van der Waals surface area (Å²) < 4.78 is 29.9. The number of hydrogen-bond acceptors (Lipinski definition) is 4. The van der Waals surface area contributed by atoms with Crippen molar-refractivity contribution < 1.29 is 13.2 Å². The molecule has 5 heteroatoms. The van der Waals surface area contributed by atoms with Gasteiger partial charge in [0, 0.05) is 17.6 Å². The Balaban J connectivity index is 1.72. The molecular formula is C18H27NO3S. The number of nitrogens with zero attached hydrogens (tertiary/aromatic N) is 1. The summed E-state index contributed by atoms with van der Waals surface area (Å²) in [7, 11) is -0.872. The third kappa shape index (κ3) is 3.89. The van der Waals surface area contributed by atoms with Gasteiger partial charge in [0.2, 0.25) is 0 Å². The van der Waals surface area contributed by atoms with Crippen molar-refractivity contribution in [3.8, 4) is 5.75 Å². The van der Waals surface area contributed by atoms with Gasteiger partial charge in [-0.1, -0.05) is 18.2 Å². The molecule has 0 amide bonds. The van der Waals surface area contributed by atoms with Crippen LogP contribution in [0.3, 0.4) is 0 Å². The zero-order valence-electron chi connectivity index (χ0n) is 14.1. The molecule has 0 N–H and O–H groups in total. The zero-order chi connectivity index (χ0) is 16.5. The largest absolute Gasteiger partial charge is 0.490 e. The molecule has 1 aliphatic heterocycles. The number of ether oxygens (including phenoxy) is 1. The van der Waals surface area contributed by atoms with E-state index in [2.05, 4.69) is 17.9 Å². The monoisotopic (exact) mass is 337 g/mol. The predicted molar refractivity (Wildman–Crippen MR) is 92.5 cm³/mol. The van der Waals surface area contributed by atoms with Gasteiger partial charge in [-0.3, -0.25) is 4.90 Å². The summed E-state index contributed by atoms with van der Waals surface area (Å²) in [6.07, 6.45) is 5.83. The van der Waals surface area contributed by atoms with Gasteiger partial charge in [-0.2, -0.15) is 0 Å². The van der Waals surface area contributed by atoms with Gasteiger partial charge in [0.05, 0.1) is 17.6 Å². The Hall–Kier alpha value is -1.07. The molecule has 0 spiro atoms. The lowest BCUT2D eigenvalue weighted by Crippen LogP contribution is -2.44. The standard InChI is InChI=1S/C18H27NO3S/c1-18(11-12-23(20,21)14-18)19(2)13-15-7-3-6-10-17(15)22-16-8-4-5-9-16/h3,6-7,10,16H,4-5,8-9,11-14H2,1-2H3. The summed E-state index contributed by atoms with van der Waals surface area (Å²) in [5.74, 6) is 1.51. The Morgan fingerprint density at radius 2 is 1.96 bits per heavy atom. The van der Waals surface area contributed by atoms with Gasteiger partial charge in [0.1, 0.15) is 5.75 Å². The minimum atomic E-state index is -2.89. The molecule has 1 aromatic rings. The molecule has 3 rings (SSSR count). The smallest absolute Gasteiger partial charge is 0.152 e. The molecule has 1 saturated heterocycles. The first-order valence-corrected chi connectivity index (χ1v) is 10.4. The molecule has 2 aliphatic rings. The highest BCUT2D eigenvalue weighted by Crippen LogP contribution is 2.32. The summed E-state index contributed by atoms with van der Waals surface area (Å²) in [6, 6.07) is 8.16. The molecule has 1 heterocycles. The van der Waals surface area contributed by atoms with E-state index in [1.807, 2.05) is 25.2 Å². The number of para-hydroxylation sites is 1.